The summed E-state index contributed by atoms with van der Waals surface area (Å²) in [6, 6.07) is 6.36. The Balaban J connectivity index is 3.00. The summed E-state index contributed by atoms with van der Waals surface area (Å²) in [5.41, 5.74) is -0.150. The summed E-state index contributed by atoms with van der Waals surface area (Å²) in [6.07, 6.45) is 0. The van der Waals surface area contributed by atoms with Crippen LogP contribution in [-0.4, -0.2) is 32.0 Å². The Kier molecular flexibility index (Phi) is 5.13. The van der Waals surface area contributed by atoms with Gasteiger partial charge in [-0.15, -0.1) is 0 Å². The van der Waals surface area contributed by atoms with Crippen molar-refractivity contribution < 1.29 is 19.1 Å². The van der Waals surface area contributed by atoms with Crippen LogP contribution in [0, 0.1) is 5.41 Å². The van der Waals surface area contributed by atoms with Crippen molar-refractivity contribution in [2.75, 3.05) is 19.5 Å². The van der Waals surface area contributed by atoms with Gasteiger partial charge in [-0.1, -0.05) is 13.8 Å². The quantitative estimate of drug-likeness (QED) is 0.809. The number of nitrogens with one attached hydrogen (secondary N) is 1. The number of hydrogen-bond acceptors (Lipinski definition) is 5. The van der Waals surface area contributed by atoms with E-state index in [4.69, 9.17) is 9.47 Å². The molecule has 1 rings (SSSR count). The first-order valence-electron chi connectivity index (χ1n) is 6.32. The molecule has 1 aromatic rings. The molecule has 1 aromatic carbocycles. The highest BCUT2D eigenvalue weighted by molar-refractivity contribution is 5.91. The van der Waals surface area contributed by atoms with Crippen molar-refractivity contribution in [2.45, 2.75) is 26.8 Å². The molecular formula is C15H21NO4. The van der Waals surface area contributed by atoms with Crippen molar-refractivity contribution in [3.05, 3.63) is 24.3 Å². The van der Waals surface area contributed by atoms with Crippen LogP contribution in [0.2, 0.25) is 0 Å². The van der Waals surface area contributed by atoms with Gasteiger partial charge in [0.05, 0.1) is 19.6 Å². The van der Waals surface area contributed by atoms with Crippen LogP contribution in [0.25, 0.3) is 0 Å². The zero-order valence-electron chi connectivity index (χ0n) is 12.5. The highest BCUT2D eigenvalue weighted by Gasteiger charge is 2.39. The van der Waals surface area contributed by atoms with Crippen molar-refractivity contribution in [1.29, 1.82) is 0 Å². The van der Waals surface area contributed by atoms with E-state index in [1.807, 2.05) is 0 Å². The van der Waals surface area contributed by atoms with Crippen LogP contribution in [0.5, 0.6) is 5.75 Å². The van der Waals surface area contributed by atoms with Crippen LogP contribution in [0.4, 0.5) is 5.69 Å². The molecule has 0 aliphatic heterocycles. The number of ether oxygens (including phenoxy) is 2. The maximum absolute atomic E-state index is 11.9. The normalized spacial score (nSPS) is 12.4. The summed E-state index contributed by atoms with van der Waals surface area (Å²) in [5.74, 6) is 0.158. The highest BCUT2D eigenvalue weighted by atomic mass is 16.5. The van der Waals surface area contributed by atoms with Gasteiger partial charge >= 0.3 is 5.97 Å². The van der Waals surface area contributed by atoms with E-state index in [0.29, 0.717) is 0 Å². The molecule has 5 heteroatoms. The summed E-state index contributed by atoms with van der Waals surface area (Å²) in [4.78, 5) is 23.7. The van der Waals surface area contributed by atoms with E-state index in [0.717, 1.165) is 11.4 Å². The fourth-order valence-corrected chi connectivity index (χ4v) is 1.71. The third-order valence-corrected chi connectivity index (χ3v) is 3.47. The average molecular weight is 279 g/mol. The Bertz CT molecular complexity index is 479. The molecule has 0 fully saturated rings. The lowest BCUT2D eigenvalue weighted by Crippen LogP contribution is -2.47. The molecule has 0 aromatic heterocycles. The number of anilines is 1. The fraction of sp³-hybridized carbons (Fsp3) is 0.467. The molecule has 1 N–H and O–H groups in total. The minimum Gasteiger partial charge on any atom is -0.497 e. The van der Waals surface area contributed by atoms with E-state index in [1.54, 1.807) is 45.2 Å². The number of esters is 1. The minimum atomic E-state index is -0.868. The summed E-state index contributed by atoms with van der Waals surface area (Å²) in [6.45, 7) is 4.90. The largest absolute Gasteiger partial charge is 0.497 e. The Labute approximate surface area is 119 Å². The average Bonchev–Trinajstić information content (AvgIpc) is 2.44. The molecule has 0 unspecified atom stereocenters. The predicted molar refractivity (Wildman–Crippen MR) is 76.9 cm³/mol. The zero-order valence-corrected chi connectivity index (χ0v) is 12.5. The third kappa shape index (κ3) is 3.50. The monoisotopic (exact) mass is 279 g/mol. The Morgan fingerprint density at radius 1 is 1.15 bits per heavy atom. The molecule has 0 saturated heterocycles. The number of benzene rings is 1. The number of Topliss-reactive ketones (excluding diaryl/α,β-unsaturated/α-hetero) is 1. The summed E-state index contributed by atoms with van der Waals surface area (Å²) in [5, 5.41) is 3.05. The van der Waals surface area contributed by atoms with Crippen LogP contribution in [0.3, 0.4) is 0 Å². The summed E-state index contributed by atoms with van der Waals surface area (Å²) in [7, 11) is 2.89. The maximum Gasteiger partial charge on any atom is 0.329 e. The second-order valence-corrected chi connectivity index (χ2v) is 5.11. The van der Waals surface area contributed by atoms with Gasteiger partial charge < -0.3 is 14.8 Å². The van der Waals surface area contributed by atoms with Crippen LogP contribution in [0.15, 0.2) is 24.3 Å². The molecule has 0 saturated carbocycles. The number of carbonyl (C=O) groups excluding carboxylic acids is 2. The molecule has 0 spiro atoms. The summed E-state index contributed by atoms with van der Waals surface area (Å²) >= 11 is 0. The van der Waals surface area contributed by atoms with Gasteiger partial charge in [0.25, 0.3) is 0 Å². The Hall–Kier alpha value is -2.04. The Morgan fingerprint density at radius 2 is 1.70 bits per heavy atom. The van der Waals surface area contributed by atoms with Crippen molar-refractivity contribution >= 4 is 17.4 Å². The molecular weight excluding hydrogens is 258 g/mol. The third-order valence-electron chi connectivity index (χ3n) is 3.47. The zero-order chi connectivity index (χ0) is 15.3. The van der Waals surface area contributed by atoms with Gasteiger partial charge in [0.1, 0.15) is 17.6 Å². The molecule has 0 amide bonds. The van der Waals surface area contributed by atoms with Crippen LogP contribution in [-0.2, 0) is 14.3 Å². The summed E-state index contributed by atoms with van der Waals surface area (Å²) < 4.78 is 9.86. The van der Waals surface area contributed by atoms with Gasteiger partial charge in [-0.2, -0.15) is 0 Å². The van der Waals surface area contributed by atoms with E-state index in [2.05, 4.69) is 5.32 Å². The molecule has 20 heavy (non-hydrogen) atoms. The molecule has 0 aliphatic carbocycles. The van der Waals surface area contributed by atoms with Crippen LogP contribution >= 0.6 is 0 Å². The van der Waals surface area contributed by atoms with Gasteiger partial charge in [-0.05, 0) is 31.2 Å². The first-order valence-corrected chi connectivity index (χ1v) is 6.32. The van der Waals surface area contributed by atoms with Crippen molar-refractivity contribution in [1.82, 2.24) is 0 Å². The van der Waals surface area contributed by atoms with Gasteiger partial charge in [0.15, 0.2) is 0 Å². The minimum absolute atomic E-state index is 0.0890. The fourth-order valence-electron chi connectivity index (χ4n) is 1.71. The molecule has 5 nitrogen and oxygen atoms in total. The van der Waals surface area contributed by atoms with Gasteiger partial charge in [-0.3, -0.25) is 4.79 Å². The van der Waals surface area contributed by atoms with Gasteiger partial charge in [0.2, 0.25) is 0 Å². The first-order chi connectivity index (χ1) is 9.32. The van der Waals surface area contributed by atoms with Gasteiger partial charge in [0, 0.05) is 5.69 Å². The number of carbonyl (C=O) groups is 2. The van der Waals surface area contributed by atoms with Crippen LogP contribution in [0.1, 0.15) is 20.8 Å². The van der Waals surface area contributed by atoms with Crippen molar-refractivity contribution in [2.24, 2.45) is 5.41 Å². The number of ketones is 1. The lowest BCUT2D eigenvalue weighted by atomic mass is 9.80. The first kappa shape index (κ1) is 16.0. The number of rotatable bonds is 6. The van der Waals surface area contributed by atoms with E-state index >= 15 is 0 Å². The second-order valence-electron chi connectivity index (χ2n) is 5.11. The van der Waals surface area contributed by atoms with E-state index < -0.39 is 17.4 Å². The standard InChI is InChI=1S/C15H21NO4/c1-10(17)15(2,3)13(14(18)20-5)16-11-6-8-12(19-4)9-7-11/h6-9,13,16H,1-5H3/t13-/m1/s1. The molecule has 0 aliphatic rings. The van der Waals surface area contributed by atoms with Gasteiger partial charge in [-0.25, -0.2) is 4.79 Å². The second kappa shape index (κ2) is 6.41. The highest BCUT2D eigenvalue weighted by Crippen LogP contribution is 2.27. The topological polar surface area (TPSA) is 64.6 Å². The molecule has 0 radical (unpaired) electrons. The Morgan fingerprint density at radius 3 is 2.10 bits per heavy atom. The molecule has 0 bridgehead atoms. The lowest BCUT2D eigenvalue weighted by Gasteiger charge is -2.31. The molecule has 0 heterocycles. The van der Waals surface area contributed by atoms with E-state index in [9.17, 15) is 9.59 Å². The number of methoxy groups -OCH3 is 2. The molecule has 110 valence electrons. The smallest absolute Gasteiger partial charge is 0.329 e. The number of hydrogen-bond donors (Lipinski definition) is 1. The molecule has 1 atom stereocenters. The van der Waals surface area contributed by atoms with E-state index in [1.165, 1.54) is 14.0 Å². The van der Waals surface area contributed by atoms with Crippen LogP contribution < -0.4 is 10.1 Å². The van der Waals surface area contributed by atoms with Crippen molar-refractivity contribution in [3.63, 3.8) is 0 Å². The SMILES string of the molecule is COC(=O)[C@@H](Nc1ccc(OC)cc1)C(C)(C)C(C)=O. The van der Waals surface area contributed by atoms with E-state index in [-0.39, 0.29) is 5.78 Å². The lowest BCUT2D eigenvalue weighted by molar-refractivity contribution is -0.147. The predicted octanol–water partition coefficient (Wildman–Crippen LogP) is 2.26. The maximum atomic E-state index is 11.9. The van der Waals surface area contributed by atoms with Crippen molar-refractivity contribution in [3.8, 4) is 5.75 Å².